The SMILES string of the molecule is COc1ccc(C)cc1NC(=S)N/N=C/c1cccc([N+](=O)[O-])c1. The highest BCUT2D eigenvalue weighted by molar-refractivity contribution is 7.80. The first-order valence-electron chi connectivity index (χ1n) is 6.99. The van der Waals surface area contributed by atoms with E-state index in [-0.39, 0.29) is 10.8 Å². The first-order chi connectivity index (χ1) is 11.5. The van der Waals surface area contributed by atoms with Gasteiger partial charge in [0.05, 0.1) is 23.9 Å². The summed E-state index contributed by atoms with van der Waals surface area (Å²) in [4.78, 5) is 10.3. The number of hydrogen-bond donors (Lipinski definition) is 2. The van der Waals surface area contributed by atoms with Crippen LogP contribution in [0.25, 0.3) is 0 Å². The Morgan fingerprint density at radius 1 is 1.33 bits per heavy atom. The van der Waals surface area contributed by atoms with Crippen LogP contribution in [0.2, 0.25) is 0 Å². The van der Waals surface area contributed by atoms with E-state index in [1.807, 2.05) is 25.1 Å². The van der Waals surface area contributed by atoms with Crippen LogP contribution in [-0.4, -0.2) is 23.4 Å². The fourth-order valence-corrected chi connectivity index (χ4v) is 2.12. The molecule has 0 heterocycles. The van der Waals surface area contributed by atoms with Crippen LogP contribution in [0.15, 0.2) is 47.6 Å². The average Bonchev–Trinajstić information content (AvgIpc) is 2.55. The number of nitrogens with one attached hydrogen (secondary N) is 2. The second-order valence-electron chi connectivity index (χ2n) is 4.88. The predicted octanol–water partition coefficient (Wildman–Crippen LogP) is 3.23. The number of nitrogens with zero attached hydrogens (tertiary/aromatic N) is 2. The van der Waals surface area contributed by atoms with Crippen molar-refractivity contribution in [2.75, 3.05) is 12.4 Å². The first-order valence-corrected chi connectivity index (χ1v) is 7.39. The van der Waals surface area contributed by atoms with E-state index < -0.39 is 4.92 Å². The molecule has 8 heteroatoms. The van der Waals surface area contributed by atoms with Crippen LogP contribution in [0.4, 0.5) is 11.4 Å². The summed E-state index contributed by atoms with van der Waals surface area (Å²) in [6.07, 6.45) is 1.45. The van der Waals surface area contributed by atoms with Crippen LogP contribution in [0.1, 0.15) is 11.1 Å². The van der Waals surface area contributed by atoms with Crippen molar-refractivity contribution in [3.63, 3.8) is 0 Å². The number of benzene rings is 2. The summed E-state index contributed by atoms with van der Waals surface area (Å²) in [6.45, 7) is 1.96. The Bertz CT molecular complexity index is 793. The van der Waals surface area contributed by atoms with E-state index in [0.717, 1.165) is 11.3 Å². The molecule has 0 bridgehead atoms. The zero-order valence-electron chi connectivity index (χ0n) is 13.1. The third-order valence-corrected chi connectivity index (χ3v) is 3.26. The number of non-ortho nitro benzene ring substituents is 1. The summed E-state index contributed by atoms with van der Waals surface area (Å²) in [7, 11) is 1.58. The second kappa shape index (κ2) is 8.02. The van der Waals surface area contributed by atoms with Crippen LogP contribution in [0, 0.1) is 17.0 Å². The third-order valence-electron chi connectivity index (χ3n) is 3.06. The van der Waals surface area contributed by atoms with Gasteiger partial charge in [-0.3, -0.25) is 15.5 Å². The van der Waals surface area contributed by atoms with Gasteiger partial charge in [-0.25, -0.2) is 0 Å². The minimum Gasteiger partial charge on any atom is -0.495 e. The molecule has 0 aliphatic rings. The molecular formula is C16H16N4O3S. The van der Waals surface area contributed by atoms with Crippen molar-refractivity contribution in [3.8, 4) is 5.75 Å². The van der Waals surface area contributed by atoms with E-state index in [1.165, 1.54) is 18.3 Å². The zero-order chi connectivity index (χ0) is 17.5. The fraction of sp³-hybridized carbons (Fsp3) is 0.125. The molecular weight excluding hydrogens is 328 g/mol. The largest absolute Gasteiger partial charge is 0.495 e. The molecule has 0 radical (unpaired) electrons. The van der Waals surface area contributed by atoms with Gasteiger partial charge in [0.2, 0.25) is 0 Å². The summed E-state index contributed by atoms with van der Waals surface area (Å²) >= 11 is 5.17. The van der Waals surface area contributed by atoms with E-state index in [0.29, 0.717) is 11.3 Å². The Morgan fingerprint density at radius 3 is 2.83 bits per heavy atom. The fourth-order valence-electron chi connectivity index (χ4n) is 1.95. The van der Waals surface area contributed by atoms with Crippen LogP contribution >= 0.6 is 12.2 Å². The molecule has 0 unspecified atom stereocenters. The second-order valence-corrected chi connectivity index (χ2v) is 5.29. The highest BCUT2D eigenvalue weighted by Crippen LogP contribution is 2.24. The van der Waals surface area contributed by atoms with Crippen LogP contribution < -0.4 is 15.5 Å². The van der Waals surface area contributed by atoms with Crippen molar-refractivity contribution in [2.24, 2.45) is 5.10 Å². The third kappa shape index (κ3) is 4.75. The molecule has 0 saturated carbocycles. The molecule has 2 rings (SSSR count). The van der Waals surface area contributed by atoms with Crippen LogP contribution in [0.5, 0.6) is 5.75 Å². The topological polar surface area (TPSA) is 88.8 Å². The smallest absolute Gasteiger partial charge is 0.270 e. The van der Waals surface area contributed by atoms with E-state index in [2.05, 4.69) is 15.8 Å². The van der Waals surface area contributed by atoms with E-state index >= 15 is 0 Å². The maximum Gasteiger partial charge on any atom is 0.270 e. The molecule has 124 valence electrons. The van der Waals surface area contributed by atoms with Crippen LogP contribution in [0.3, 0.4) is 0 Å². The molecule has 24 heavy (non-hydrogen) atoms. The van der Waals surface area contributed by atoms with Gasteiger partial charge in [-0.1, -0.05) is 18.2 Å². The van der Waals surface area contributed by atoms with Crippen molar-refractivity contribution in [3.05, 3.63) is 63.7 Å². The van der Waals surface area contributed by atoms with Gasteiger partial charge >= 0.3 is 0 Å². The lowest BCUT2D eigenvalue weighted by Gasteiger charge is -2.12. The Kier molecular flexibility index (Phi) is 5.80. The van der Waals surface area contributed by atoms with Crippen molar-refractivity contribution in [1.29, 1.82) is 0 Å². The van der Waals surface area contributed by atoms with Gasteiger partial charge in [0.25, 0.3) is 5.69 Å². The van der Waals surface area contributed by atoms with Crippen molar-refractivity contribution in [1.82, 2.24) is 5.43 Å². The number of hydrazone groups is 1. The number of ether oxygens (including phenoxy) is 1. The molecule has 0 amide bonds. The van der Waals surface area contributed by atoms with Crippen molar-refractivity contribution < 1.29 is 9.66 Å². The first kappa shape index (κ1) is 17.4. The molecule has 2 N–H and O–H groups in total. The maximum absolute atomic E-state index is 10.7. The average molecular weight is 344 g/mol. The molecule has 0 saturated heterocycles. The lowest BCUT2D eigenvalue weighted by atomic mass is 10.2. The van der Waals surface area contributed by atoms with Crippen molar-refractivity contribution in [2.45, 2.75) is 6.92 Å². The molecule has 0 spiro atoms. The number of hydrogen-bond acceptors (Lipinski definition) is 5. The summed E-state index contributed by atoms with van der Waals surface area (Å²) in [5.74, 6) is 0.660. The number of nitro groups is 1. The zero-order valence-corrected chi connectivity index (χ0v) is 14.0. The summed E-state index contributed by atoms with van der Waals surface area (Å²) in [5, 5.41) is 18.0. The molecule has 0 aliphatic carbocycles. The van der Waals surface area contributed by atoms with Gasteiger partial charge in [-0.05, 0) is 36.8 Å². The van der Waals surface area contributed by atoms with Gasteiger partial charge in [-0.15, -0.1) is 0 Å². The minimum atomic E-state index is -0.457. The molecule has 2 aromatic carbocycles. The standard InChI is InChI=1S/C16H16N4O3S/c1-11-6-7-15(23-2)14(8-11)18-16(24)19-17-10-12-4-3-5-13(9-12)20(21)22/h3-10H,1-2H3,(H2,18,19,24)/b17-10+. The van der Waals surface area contributed by atoms with Gasteiger partial charge in [-0.2, -0.15) is 5.10 Å². The number of rotatable bonds is 5. The molecule has 7 nitrogen and oxygen atoms in total. The number of aryl methyl sites for hydroxylation is 1. The number of methoxy groups -OCH3 is 1. The Balaban J connectivity index is 1.99. The highest BCUT2D eigenvalue weighted by atomic mass is 32.1. The lowest BCUT2D eigenvalue weighted by molar-refractivity contribution is -0.384. The summed E-state index contributed by atoms with van der Waals surface area (Å²) < 4.78 is 5.26. The van der Waals surface area contributed by atoms with Gasteiger partial charge < -0.3 is 10.1 Å². The van der Waals surface area contributed by atoms with Gasteiger partial charge in [0.15, 0.2) is 5.11 Å². The van der Waals surface area contributed by atoms with Crippen LogP contribution in [-0.2, 0) is 0 Å². The summed E-state index contributed by atoms with van der Waals surface area (Å²) in [5.41, 5.74) is 5.04. The van der Waals surface area contributed by atoms with E-state index in [1.54, 1.807) is 19.2 Å². The maximum atomic E-state index is 10.7. The van der Waals surface area contributed by atoms with Crippen molar-refractivity contribution >= 4 is 34.9 Å². The Morgan fingerprint density at radius 2 is 2.12 bits per heavy atom. The molecule has 0 atom stereocenters. The molecule has 2 aromatic rings. The Hall–Kier alpha value is -3.00. The van der Waals surface area contributed by atoms with E-state index in [4.69, 9.17) is 17.0 Å². The highest BCUT2D eigenvalue weighted by Gasteiger charge is 2.05. The molecule has 0 aliphatic heterocycles. The number of anilines is 1. The monoisotopic (exact) mass is 344 g/mol. The number of nitro benzene ring substituents is 1. The van der Waals surface area contributed by atoms with E-state index in [9.17, 15) is 10.1 Å². The quantitative estimate of drug-likeness (QED) is 0.375. The number of thiocarbonyl (C=S) groups is 1. The Labute approximate surface area is 144 Å². The minimum absolute atomic E-state index is 0.00384. The molecule has 0 aromatic heterocycles. The lowest BCUT2D eigenvalue weighted by Crippen LogP contribution is -2.24. The van der Waals surface area contributed by atoms with Gasteiger partial charge in [0, 0.05) is 17.7 Å². The van der Waals surface area contributed by atoms with Gasteiger partial charge in [0.1, 0.15) is 5.75 Å². The predicted molar refractivity (Wildman–Crippen MR) is 97.8 cm³/mol. The summed E-state index contributed by atoms with van der Waals surface area (Å²) in [6, 6.07) is 11.8. The normalized spacial score (nSPS) is 10.4. The molecule has 0 fully saturated rings.